The summed E-state index contributed by atoms with van der Waals surface area (Å²) in [6.07, 6.45) is 3.54. The van der Waals surface area contributed by atoms with Crippen LogP contribution in [0.5, 0.6) is 23.0 Å². The molecular formula is C57H69N7O16. The summed E-state index contributed by atoms with van der Waals surface area (Å²) < 4.78 is 39.7. The lowest BCUT2D eigenvalue weighted by molar-refractivity contribution is -0.154. The number of carbonyl (C=O) groups excluding carboxylic acids is 7. The van der Waals surface area contributed by atoms with Crippen LogP contribution in [0.1, 0.15) is 93.0 Å². The fraction of sp³-hybridized carbons (Fsp3) is 0.421. The number of amides is 5. The molecule has 428 valence electrons. The van der Waals surface area contributed by atoms with Gasteiger partial charge in [0, 0.05) is 30.2 Å². The van der Waals surface area contributed by atoms with Crippen molar-refractivity contribution in [2.24, 2.45) is 5.92 Å². The number of hydrazine groups is 1. The number of ketones is 1. The van der Waals surface area contributed by atoms with Crippen LogP contribution in [0, 0.1) is 5.92 Å². The van der Waals surface area contributed by atoms with E-state index < -0.39 is 84.2 Å². The first-order valence-electron chi connectivity index (χ1n) is 26.1. The summed E-state index contributed by atoms with van der Waals surface area (Å²) in [5, 5.41) is 26.0. The largest absolute Gasteiger partial charge is 0.493 e. The van der Waals surface area contributed by atoms with Gasteiger partial charge in [0.25, 0.3) is 17.6 Å². The Morgan fingerprint density at radius 1 is 0.688 bits per heavy atom. The van der Waals surface area contributed by atoms with E-state index in [-0.39, 0.29) is 78.5 Å². The number of nitrogens with zero attached hydrogens (tertiary/aromatic N) is 4. The van der Waals surface area contributed by atoms with Gasteiger partial charge in [-0.05, 0) is 88.6 Å². The molecule has 80 heavy (non-hydrogen) atoms. The van der Waals surface area contributed by atoms with Crippen LogP contribution in [0.4, 0.5) is 26.7 Å². The minimum atomic E-state index is -1.53. The molecule has 5 N–H and O–H groups in total. The maximum absolute atomic E-state index is 14.2. The number of anilines is 3. The summed E-state index contributed by atoms with van der Waals surface area (Å²) in [6.45, 7) is 15.5. The number of rotatable bonds is 24. The second-order valence-electron chi connectivity index (χ2n) is 19.9. The summed E-state index contributed by atoms with van der Waals surface area (Å²) in [5.41, 5.74) is 8.88. The Hall–Kier alpha value is -8.41. The molecule has 23 heteroatoms. The number of aliphatic hydroxyl groups excluding tert-OH is 2. The topological polar surface area (TPSA) is 274 Å². The van der Waals surface area contributed by atoms with Gasteiger partial charge in [-0.3, -0.25) is 19.2 Å². The van der Waals surface area contributed by atoms with Crippen molar-refractivity contribution in [2.45, 2.75) is 110 Å². The normalized spacial score (nSPS) is 18.9. The van der Waals surface area contributed by atoms with Gasteiger partial charge in [-0.15, -0.1) is 0 Å². The zero-order chi connectivity index (χ0) is 57.9. The summed E-state index contributed by atoms with van der Waals surface area (Å²) >= 11 is 0. The van der Waals surface area contributed by atoms with Crippen molar-refractivity contribution in [3.63, 3.8) is 0 Å². The Balaban J connectivity index is 0.976. The molecular weight excluding hydrogens is 1040 g/mol. The number of hydrogen-bond acceptors (Lipinski definition) is 18. The van der Waals surface area contributed by atoms with Crippen LogP contribution in [0.3, 0.4) is 0 Å². The van der Waals surface area contributed by atoms with Gasteiger partial charge in [-0.1, -0.05) is 62.4 Å². The number of aliphatic hydroxyl groups is 2. The smallest absolute Gasteiger partial charge is 0.416 e. The number of ether oxygens (including phenoxy) is 7. The van der Waals surface area contributed by atoms with Crippen LogP contribution < -0.4 is 44.9 Å². The molecule has 5 amide bonds. The zero-order valence-corrected chi connectivity index (χ0v) is 45.9. The van der Waals surface area contributed by atoms with Gasteiger partial charge < -0.3 is 63.9 Å². The zero-order valence-electron chi connectivity index (χ0n) is 45.9. The molecule has 7 rings (SSSR count). The van der Waals surface area contributed by atoms with Crippen LogP contribution in [0.2, 0.25) is 0 Å². The van der Waals surface area contributed by atoms with E-state index in [1.54, 1.807) is 57.4 Å². The van der Waals surface area contributed by atoms with Gasteiger partial charge in [-0.25, -0.2) is 29.6 Å². The fourth-order valence-electron chi connectivity index (χ4n) is 9.50. The molecule has 0 unspecified atom stereocenters. The Morgan fingerprint density at radius 2 is 1.18 bits per heavy atom. The van der Waals surface area contributed by atoms with Crippen LogP contribution in [-0.2, 0) is 35.2 Å². The van der Waals surface area contributed by atoms with Gasteiger partial charge in [0.05, 0.1) is 62.0 Å². The molecule has 0 bridgehead atoms. The van der Waals surface area contributed by atoms with Gasteiger partial charge >= 0.3 is 18.2 Å². The summed E-state index contributed by atoms with van der Waals surface area (Å²) in [4.78, 5) is 98.4. The van der Waals surface area contributed by atoms with Gasteiger partial charge in [0.2, 0.25) is 5.91 Å². The van der Waals surface area contributed by atoms with Crippen LogP contribution in [0.25, 0.3) is 0 Å². The molecule has 0 spiro atoms. The quantitative estimate of drug-likeness (QED) is 0.0166. The average Bonchev–Trinajstić information content (AvgIpc) is 4.24. The van der Waals surface area contributed by atoms with Gasteiger partial charge in [0.1, 0.15) is 31.9 Å². The molecule has 0 aromatic heterocycles. The number of methoxy groups -OCH3 is 2. The number of fused-ring (bicyclic) bond motifs is 4. The third-order valence-electron chi connectivity index (χ3n) is 13.7. The van der Waals surface area contributed by atoms with E-state index in [0.717, 1.165) is 20.9 Å². The highest BCUT2D eigenvalue weighted by Gasteiger charge is 2.47. The lowest BCUT2D eigenvalue weighted by atomic mass is 9.99. The maximum atomic E-state index is 14.2. The Kier molecular flexibility index (Phi) is 19.6. The molecule has 3 aromatic rings. The second-order valence-corrected chi connectivity index (χ2v) is 19.9. The Morgan fingerprint density at radius 3 is 1.65 bits per heavy atom. The van der Waals surface area contributed by atoms with E-state index in [4.69, 9.17) is 33.2 Å². The highest BCUT2D eigenvalue weighted by atomic mass is 16.6. The first-order chi connectivity index (χ1) is 38.3. The van der Waals surface area contributed by atoms with Crippen molar-refractivity contribution in [3.05, 3.63) is 114 Å². The highest BCUT2D eigenvalue weighted by molar-refractivity contribution is 6.36. The van der Waals surface area contributed by atoms with E-state index in [9.17, 15) is 43.8 Å². The predicted octanol–water partition coefficient (Wildman–Crippen LogP) is 6.25. The number of carbonyl (C=O) groups is 7. The molecule has 3 aromatic carbocycles. The van der Waals surface area contributed by atoms with E-state index >= 15 is 0 Å². The van der Waals surface area contributed by atoms with Crippen molar-refractivity contribution in [2.75, 3.05) is 55.9 Å². The molecule has 0 saturated heterocycles. The minimum Gasteiger partial charge on any atom is -0.493 e. The van der Waals surface area contributed by atoms with E-state index in [1.165, 1.54) is 60.4 Å². The lowest BCUT2D eigenvalue weighted by Gasteiger charge is -2.31. The second kappa shape index (κ2) is 26.5. The number of Topliss-reactive ketones (excluding diaryl/α,β-unsaturated/α-hetero) is 1. The van der Waals surface area contributed by atoms with Crippen LogP contribution >= 0.6 is 0 Å². The average molecular weight is 1110 g/mol. The van der Waals surface area contributed by atoms with Gasteiger partial charge in [0.15, 0.2) is 35.5 Å². The van der Waals surface area contributed by atoms with Crippen molar-refractivity contribution in [1.29, 1.82) is 0 Å². The van der Waals surface area contributed by atoms with E-state index in [1.807, 2.05) is 13.8 Å². The number of esters is 1. The van der Waals surface area contributed by atoms with Crippen LogP contribution in [0.15, 0.2) is 97.4 Å². The third-order valence-corrected chi connectivity index (χ3v) is 13.7. The molecule has 0 radical (unpaired) electrons. The van der Waals surface area contributed by atoms with E-state index in [2.05, 4.69) is 29.3 Å². The predicted molar refractivity (Wildman–Crippen MR) is 292 cm³/mol. The van der Waals surface area contributed by atoms with Crippen molar-refractivity contribution in [1.82, 2.24) is 20.5 Å². The fourth-order valence-corrected chi connectivity index (χ4v) is 9.50. The first-order valence-corrected chi connectivity index (χ1v) is 26.1. The minimum absolute atomic E-state index is 0.0427. The molecule has 6 atom stereocenters. The molecule has 0 saturated carbocycles. The first kappa shape index (κ1) is 59.3. The summed E-state index contributed by atoms with van der Waals surface area (Å²) in [6, 6.07) is 9.06. The SMILES string of the molecule is C=CCOC(=O)C(=O)[C@@H](NC(=O)[C@H](C)NNc1ccc(COC(=O)N2c3cc(OCCCCCOc4cc5c(cc4OC)C(=O)N4C=C(C)C[C@H]4[C@H](O)N5C(=O)OCC=C)c(OC)cc3C(=O)N3C=C(C)C[C@H]3[C@@H]2O)cc1)C(C)C. The lowest BCUT2D eigenvalue weighted by Crippen LogP contribution is -2.53. The number of nitrogens with one attached hydrogen (secondary N) is 3. The molecule has 23 nitrogen and oxygen atoms in total. The maximum Gasteiger partial charge on any atom is 0.416 e. The molecule has 4 aliphatic heterocycles. The van der Waals surface area contributed by atoms with Crippen molar-refractivity contribution >= 4 is 58.7 Å². The van der Waals surface area contributed by atoms with Gasteiger partial charge in [-0.2, -0.15) is 0 Å². The monoisotopic (exact) mass is 1110 g/mol. The Labute approximate surface area is 463 Å². The summed E-state index contributed by atoms with van der Waals surface area (Å²) in [5.74, 6) is -2.93. The molecule has 0 aliphatic carbocycles. The number of hydrogen-bond donors (Lipinski definition) is 5. The standard InChI is InChI=1S/C57H69N7O16/c1-10-19-78-55(71)49(65)48(32(3)4)58-50(66)35(7)59-60-37-17-15-36(16-18-37)31-80-57(73)64-41-28-47(45(75-9)26-39(41)52(68)62-30-34(6)24-43(62)54(64)70)77-22-14-12-13-21-76-46-27-40-38(25-44(46)74-8)51(67)61-29-33(5)23-42(61)53(69)63(40)56(72)79-20-11-2/h10-11,15-18,25-30,32,35,42-43,48,53-54,59-60,69-70H,1-2,12-14,19-24,31H2,3-9H3,(H,58,66)/t35-,42-,43-,48-,53-,54-/m0/s1. The molecule has 0 fully saturated rings. The summed E-state index contributed by atoms with van der Waals surface area (Å²) in [7, 11) is 2.85. The van der Waals surface area contributed by atoms with E-state index in [0.29, 0.717) is 43.4 Å². The molecule has 4 heterocycles. The van der Waals surface area contributed by atoms with Crippen LogP contribution in [-0.4, -0.2) is 139 Å². The van der Waals surface area contributed by atoms with Crippen molar-refractivity contribution in [3.8, 4) is 23.0 Å². The third kappa shape index (κ3) is 13.2. The molecule has 4 aliphatic rings. The number of unbranched alkanes of at least 4 members (excludes halogenated alkanes) is 2. The van der Waals surface area contributed by atoms with Crippen molar-refractivity contribution < 1.29 is 76.9 Å². The highest BCUT2D eigenvalue weighted by Crippen LogP contribution is 2.44. The Bertz CT molecular complexity index is 2920. The number of benzene rings is 3.